The number of ether oxygens (including phenoxy) is 1. The number of amides is 1. The first-order valence-electron chi connectivity index (χ1n) is 5.94. The Morgan fingerprint density at radius 1 is 1.25 bits per heavy atom. The second-order valence-electron chi connectivity index (χ2n) is 4.72. The van der Waals surface area contributed by atoms with Crippen molar-refractivity contribution in [2.45, 2.75) is 45.6 Å². The largest absolute Gasteiger partial charge is 0.453 e. The molecule has 0 saturated heterocycles. The molecule has 1 amide bonds. The lowest BCUT2D eigenvalue weighted by atomic mass is 9.89. The Labute approximate surface area is 96.7 Å². The van der Waals surface area contributed by atoms with Gasteiger partial charge in [0.25, 0.3) is 0 Å². The second-order valence-corrected chi connectivity index (χ2v) is 4.72. The van der Waals surface area contributed by atoms with Crippen molar-refractivity contribution >= 4 is 11.9 Å². The van der Waals surface area contributed by atoms with Crippen molar-refractivity contribution in [2.75, 3.05) is 7.11 Å². The lowest BCUT2D eigenvalue weighted by Crippen LogP contribution is -2.46. The van der Waals surface area contributed by atoms with Gasteiger partial charge in [-0.2, -0.15) is 0 Å². The fourth-order valence-corrected chi connectivity index (χ4v) is 2.26. The molecular weight excluding hydrogens is 206 g/mol. The summed E-state index contributed by atoms with van der Waals surface area (Å²) in [5, 5.41) is 2.68. The molecule has 1 aliphatic carbocycles. The van der Waals surface area contributed by atoms with Crippen LogP contribution in [0.4, 0.5) is 4.79 Å². The van der Waals surface area contributed by atoms with Gasteiger partial charge in [0.05, 0.1) is 13.2 Å². The van der Waals surface area contributed by atoms with E-state index in [0.717, 1.165) is 25.7 Å². The average Bonchev–Trinajstić information content (AvgIpc) is 2.77. The Balaban J connectivity index is 2.67. The summed E-state index contributed by atoms with van der Waals surface area (Å²) in [7, 11) is 1.32. The van der Waals surface area contributed by atoms with Gasteiger partial charge in [-0.3, -0.25) is 4.79 Å². The summed E-state index contributed by atoms with van der Waals surface area (Å²) in [6.07, 6.45) is 3.83. The molecule has 16 heavy (non-hydrogen) atoms. The number of ketones is 1. The highest BCUT2D eigenvalue weighted by molar-refractivity contribution is 5.89. The summed E-state index contributed by atoms with van der Waals surface area (Å²) in [6.45, 7) is 3.73. The van der Waals surface area contributed by atoms with Crippen molar-refractivity contribution in [1.82, 2.24) is 5.32 Å². The van der Waals surface area contributed by atoms with Crippen LogP contribution in [0.3, 0.4) is 0 Å². The van der Waals surface area contributed by atoms with E-state index in [1.54, 1.807) is 0 Å². The second kappa shape index (κ2) is 5.87. The standard InChI is InChI=1S/C12H21NO3/c1-8(2)11(14)10(13-12(15)16-3)9-6-4-5-7-9/h8-10H,4-7H2,1-3H3,(H,13,15). The Morgan fingerprint density at radius 3 is 2.25 bits per heavy atom. The highest BCUT2D eigenvalue weighted by Gasteiger charge is 2.33. The smallest absolute Gasteiger partial charge is 0.407 e. The van der Waals surface area contributed by atoms with Gasteiger partial charge in [-0.15, -0.1) is 0 Å². The lowest BCUT2D eigenvalue weighted by molar-refractivity contribution is -0.125. The van der Waals surface area contributed by atoms with Gasteiger partial charge in [0.2, 0.25) is 0 Å². The van der Waals surface area contributed by atoms with Crippen LogP contribution in [-0.2, 0) is 9.53 Å². The first-order chi connectivity index (χ1) is 7.56. The highest BCUT2D eigenvalue weighted by atomic mass is 16.5. The molecule has 1 unspecified atom stereocenters. The van der Waals surface area contributed by atoms with Crippen molar-refractivity contribution in [3.63, 3.8) is 0 Å². The maximum absolute atomic E-state index is 12.0. The van der Waals surface area contributed by atoms with E-state index in [1.165, 1.54) is 7.11 Å². The first kappa shape index (κ1) is 13.0. The predicted octanol–water partition coefficient (Wildman–Crippen LogP) is 2.13. The van der Waals surface area contributed by atoms with Crippen molar-refractivity contribution in [2.24, 2.45) is 11.8 Å². The van der Waals surface area contributed by atoms with E-state index in [4.69, 9.17) is 0 Å². The molecule has 0 heterocycles. The average molecular weight is 227 g/mol. The first-order valence-corrected chi connectivity index (χ1v) is 5.94. The van der Waals surface area contributed by atoms with E-state index in [-0.39, 0.29) is 23.7 Å². The number of carbonyl (C=O) groups is 2. The summed E-state index contributed by atoms with van der Waals surface area (Å²) < 4.78 is 4.57. The molecule has 1 atom stereocenters. The predicted molar refractivity (Wildman–Crippen MR) is 61.1 cm³/mol. The van der Waals surface area contributed by atoms with Crippen LogP contribution in [0, 0.1) is 11.8 Å². The lowest BCUT2D eigenvalue weighted by Gasteiger charge is -2.24. The number of Topliss-reactive ketones (excluding diaryl/α,β-unsaturated/α-hetero) is 1. The Kier molecular flexibility index (Phi) is 4.77. The van der Waals surface area contributed by atoms with Crippen LogP contribution in [0.1, 0.15) is 39.5 Å². The number of rotatable bonds is 4. The van der Waals surface area contributed by atoms with Crippen LogP contribution in [-0.4, -0.2) is 25.0 Å². The molecule has 92 valence electrons. The third-order valence-electron chi connectivity index (χ3n) is 3.21. The molecule has 0 aliphatic heterocycles. The van der Waals surface area contributed by atoms with E-state index >= 15 is 0 Å². The van der Waals surface area contributed by atoms with Gasteiger partial charge >= 0.3 is 6.09 Å². The third-order valence-corrected chi connectivity index (χ3v) is 3.21. The highest BCUT2D eigenvalue weighted by Crippen LogP contribution is 2.29. The molecule has 1 N–H and O–H groups in total. The fraction of sp³-hybridized carbons (Fsp3) is 0.833. The van der Waals surface area contributed by atoms with Crippen molar-refractivity contribution in [3.05, 3.63) is 0 Å². The number of nitrogens with one attached hydrogen (secondary N) is 1. The summed E-state index contributed by atoms with van der Waals surface area (Å²) in [5.74, 6) is 0.342. The summed E-state index contributed by atoms with van der Waals surface area (Å²) in [4.78, 5) is 23.2. The zero-order valence-electron chi connectivity index (χ0n) is 10.3. The third kappa shape index (κ3) is 3.22. The molecule has 1 aliphatic rings. The number of hydrogen-bond acceptors (Lipinski definition) is 3. The quantitative estimate of drug-likeness (QED) is 0.800. The van der Waals surface area contributed by atoms with Gasteiger partial charge in [-0.05, 0) is 18.8 Å². The maximum Gasteiger partial charge on any atom is 0.407 e. The van der Waals surface area contributed by atoms with E-state index in [2.05, 4.69) is 10.1 Å². The summed E-state index contributed by atoms with van der Waals surface area (Å²) in [6, 6.07) is -0.366. The van der Waals surface area contributed by atoms with Crippen LogP contribution in [0.5, 0.6) is 0 Å². The van der Waals surface area contributed by atoms with Gasteiger partial charge in [0.15, 0.2) is 5.78 Å². The van der Waals surface area contributed by atoms with Crippen LogP contribution < -0.4 is 5.32 Å². The molecule has 1 saturated carbocycles. The SMILES string of the molecule is COC(=O)NC(C(=O)C(C)C)C1CCCC1. The number of carbonyl (C=O) groups excluding carboxylic acids is 2. The summed E-state index contributed by atoms with van der Waals surface area (Å²) >= 11 is 0. The minimum Gasteiger partial charge on any atom is -0.453 e. The number of hydrogen-bond donors (Lipinski definition) is 1. The number of alkyl carbamates (subject to hydrolysis) is 1. The molecule has 1 fully saturated rings. The number of methoxy groups -OCH3 is 1. The molecular formula is C12H21NO3. The monoisotopic (exact) mass is 227 g/mol. The molecule has 0 aromatic heterocycles. The molecule has 4 nitrogen and oxygen atoms in total. The minimum atomic E-state index is -0.508. The van der Waals surface area contributed by atoms with Gasteiger partial charge in [0, 0.05) is 5.92 Å². The Morgan fingerprint density at radius 2 is 1.81 bits per heavy atom. The zero-order chi connectivity index (χ0) is 12.1. The van der Waals surface area contributed by atoms with E-state index in [9.17, 15) is 9.59 Å². The molecule has 0 bridgehead atoms. The van der Waals surface area contributed by atoms with Crippen LogP contribution in [0.2, 0.25) is 0 Å². The Bertz CT molecular complexity index is 257. The zero-order valence-corrected chi connectivity index (χ0v) is 10.3. The molecule has 0 aromatic carbocycles. The van der Waals surface area contributed by atoms with Gasteiger partial charge in [-0.25, -0.2) is 4.79 Å². The van der Waals surface area contributed by atoms with Gasteiger partial charge in [-0.1, -0.05) is 26.7 Å². The van der Waals surface area contributed by atoms with E-state index in [1.807, 2.05) is 13.8 Å². The van der Waals surface area contributed by atoms with Crippen LogP contribution >= 0.6 is 0 Å². The van der Waals surface area contributed by atoms with Crippen LogP contribution in [0.15, 0.2) is 0 Å². The minimum absolute atomic E-state index is 0.0530. The van der Waals surface area contributed by atoms with E-state index < -0.39 is 6.09 Å². The van der Waals surface area contributed by atoms with Crippen molar-refractivity contribution in [3.8, 4) is 0 Å². The summed E-state index contributed by atoms with van der Waals surface area (Å²) in [5.41, 5.74) is 0. The topological polar surface area (TPSA) is 55.4 Å². The molecule has 4 heteroatoms. The fourth-order valence-electron chi connectivity index (χ4n) is 2.26. The molecule has 0 spiro atoms. The van der Waals surface area contributed by atoms with Crippen molar-refractivity contribution in [1.29, 1.82) is 0 Å². The Hall–Kier alpha value is -1.06. The van der Waals surface area contributed by atoms with Gasteiger partial charge < -0.3 is 10.1 Å². The van der Waals surface area contributed by atoms with Crippen molar-refractivity contribution < 1.29 is 14.3 Å². The molecule has 0 radical (unpaired) electrons. The normalized spacial score (nSPS) is 18.5. The van der Waals surface area contributed by atoms with Crippen LogP contribution in [0.25, 0.3) is 0 Å². The molecule has 0 aromatic rings. The van der Waals surface area contributed by atoms with Gasteiger partial charge in [0.1, 0.15) is 0 Å². The molecule has 1 rings (SSSR count). The maximum atomic E-state index is 12.0. The van der Waals surface area contributed by atoms with E-state index in [0.29, 0.717) is 0 Å².